The Balaban J connectivity index is 2.20. The molecule has 0 aromatic heterocycles. The maximum absolute atomic E-state index is 9.01. The molecule has 1 atom stereocenters. The molecule has 2 N–H and O–H groups in total. The fourth-order valence-corrected chi connectivity index (χ4v) is 2.35. The molecular weight excluding hydrogens is 210 g/mol. The lowest BCUT2D eigenvalue weighted by molar-refractivity contribution is 0.179. The summed E-state index contributed by atoms with van der Waals surface area (Å²) in [6.45, 7) is 7.67. The summed E-state index contributed by atoms with van der Waals surface area (Å²) in [7, 11) is 0. The van der Waals surface area contributed by atoms with E-state index >= 15 is 0 Å². The predicted molar refractivity (Wildman–Crippen MR) is 71.5 cm³/mol. The third kappa shape index (κ3) is 4.65. The first-order valence-corrected chi connectivity index (χ1v) is 7.06. The highest BCUT2D eigenvalue weighted by molar-refractivity contribution is 5.03. The van der Waals surface area contributed by atoms with Gasteiger partial charge in [0.1, 0.15) is 5.54 Å². The van der Waals surface area contributed by atoms with Crippen LogP contribution < -0.4 is 5.73 Å². The molecule has 1 aliphatic carbocycles. The van der Waals surface area contributed by atoms with Crippen molar-refractivity contribution in [1.82, 2.24) is 4.90 Å². The second kappa shape index (κ2) is 6.98. The molecule has 1 rings (SSSR count). The van der Waals surface area contributed by atoms with Crippen molar-refractivity contribution < 1.29 is 0 Å². The first-order valence-electron chi connectivity index (χ1n) is 7.06. The lowest BCUT2D eigenvalue weighted by Crippen LogP contribution is -2.39. The molecule has 17 heavy (non-hydrogen) atoms. The fraction of sp³-hybridized carbons (Fsp3) is 0.929. The lowest BCUT2D eigenvalue weighted by Gasteiger charge is -2.32. The Bertz CT molecular complexity index is 255. The van der Waals surface area contributed by atoms with Crippen LogP contribution in [0.2, 0.25) is 0 Å². The molecule has 0 aromatic carbocycles. The second-order valence-electron chi connectivity index (χ2n) is 5.42. The van der Waals surface area contributed by atoms with Gasteiger partial charge in [0.05, 0.1) is 6.07 Å². The summed E-state index contributed by atoms with van der Waals surface area (Å²) in [4.78, 5) is 2.51. The minimum Gasteiger partial charge on any atom is -0.313 e. The summed E-state index contributed by atoms with van der Waals surface area (Å²) in [5, 5.41) is 9.01. The van der Waals surface area contributed by atoms with Crippen LogP contribution in [0.5, 0.6) is 0 Å². The molecule has 0 amide bonds. The Kier molecular flexibility index (Phi) is 5.94. The van der Waals surface area contributed by atoms with Gasteiger partial charge in [-0.1, -0.05) is 20.3 Å². The molecule has 0 heterocycles. The third-order valence-electron chi connectivity index (χ3n) is 4.14. The summed E-state index contributed by atoms with van der Waals surface area (Å²) in [6.07, 6.45) is 6.84. The minimum absolute atomic E-state index is 0.601. The molecule has 1 fully saturated rings. The zero-order valence-electron chi connectivity index (χ0n) is 11.4. The van der Waals surface area contributed by atoms with Gasteiger partial charge in [-0.2, -0.15) is 5.26 Å². The van der Waals surface area contributed by atoms with Gasteiger partial charge >= 0.3 is 0 Å². The van der Waals surface area contributed by atoms with Gasteiger partial charge in [0.25, 0.3) is 0 Å². The molecule has 0 spiro atoms. The molecule has 0 aliphatic heterocycles. The molecule has 1 saturated carbocycles. The maximum atomic E-state index is 9.01. The Morgan fingerprint density at radius 2 is 2.12 bits per heavy atom. The molecule has 3 heteroatoms. The van der Waals surface area contributed by atoms with E-state index in [1.54, 1.807) is 0 Å². The first-order chi connectivity index (χ1) is 8.13. The number of hydrogen-bond donors (Lipinski definition) is 1. The summed E-state index contributed by atoms with van der Waals surface area (Å²) < 4.78 is 0. The number of hydrogen-bond acceptors (Lipinski definition) is 3. The number of nitrogens with zero attached hydrogens (tertiary/aromatic N) is 2. The molecule has 0 radical (unpaired) electrons. The molecule has 0 saturated heterocycles. The van der Waals surface area contributed by atoms with E-state index < -0.39 is 5.54 Å². The van der Waals surface area contributed by atoms with Gasteiger partial charge in [-0.15, -0.1) is 0 Å². The number of nitrogens with two attached hydrogens (primary N) is 1. The van der Waals surface area contributed by atoms with Crippen LogP contribution in [-0.4, -0.2) is 30.1 Å². The monoisotopic (exact) mass is 237 g/mol. The zero-order chi connectivity index (χ0) is 12.7. The van der Waals surface area contributed by atoms with Gasteiger partial charge < -0.3 is 10.6 Å². The maximum Gasteiger partial charge on any atom is 0.104 e. The summed E-state index contributed by atoms with van der Waals surface area (Å²) >= 11 is 0. The molecule has 0 aromatic rings. The Labute approximate surface area is 106 Å². The summed E-state index contributed by atoms with van der Waals surface area (Å²) in [5.74, 6) is 0.930. The van der Waals surface area contributed by atoms with Crippen LogP contribution in [0.1, 0.15) is 52.4 Å². The zero-order valence-corrected chi connectivity index (χ0v) is 11.4. The normalized spacial score (nSPS) is 19.7. The van der Waals surface area contributed by atoms with E-state index in [1.807, 2.05) is 6.92 Å². The molecule has 98 valence electrons. The van der Waals surface area contributed by atoms with Gasteiger partial charge in [-0.25, -0.2) is 0 Å². The predicted octanol–water partition coefficient (Wildman–Crippen LogP) is 2.52. The molecule has 1 unspecified atom stereocenters. The van der Waals surface area contributed by atoms with Gasteiger partial charge in [0.2, 0.25) is 0 Å². The fourth-order valence-electron chi connectivity index (χ4n) is 2.35. The van der Waals surface area contributed by atoms with E-state index in [9.17, 15) is 0 Å². The molecular formula is C14H27N3. The van der Waals surface area contributed by atoms with Gasteiger partial charge in [-0.05, 0) is 51.1 Å². The highest BCUT2D eigenvalue weighted by atomic mass is 15.1. The van der Waals surface area contributed by atoms with E-state index in [1.165, 1.54) is 25.8 Å². The van der Waals surface area contributed by atoms with E-state index in [0.717, 1.165) is 38.3 Å². The van der Waals surface area contributed by atoms with Gasteiger partial charge in [0.15, 0.2) is 0 Å². The van der Waals surface area contributed by atoms with E-state index in [-0.39, 0.29) is 0 Å². The third-order valence-corrected chi connectivity index (χ3v) is 4.14. The SMILES string of the molecule is CCN(CCCC(N)(C#N)CC)CC1CCC1. The van der Waals surface area contributed by atoms with Crippen LogP contribution >= 0.6 is 0 Å². The Hall–Kier alpha value is -0.590. The van der Waals surface area contributed by atoms with E-state index in [4.69, 9.17) is 11.0 Å². The van der Waals surface area contributed by atoms with Gasteiger partial charge in [0, 0.05) is 6.54 Å². The highest BCUT2D eigenvalue weighted by Crippen LogP contribution is 2.27. The van der Waals surface area contributed by atoms with Crippen molar-refractivity contribution in [1.29, 1.82) is 5.26 Å². The van der Waals surface area contributed by atoms with Crippen LogP contribution in [0.4, 0.5) is 0 Å². The Morgan fingerprint density at radius 1 is 1.41 bits per heavy atom. The first kappa shape index (κ1) is 14.5. The lowest BCUT2D eigenvalue weighted by atomic mass is 9.85. The molecule has 3 nitrogen and oxygen atoms in total. The topological polar surface area (TPSA) is 53.0 Å². The van der Waals surface area contributed by atoms with Crippen molar-refractivity contribution in [3.05, 3.63) is 0 Å². The average Bonchev–Trinajstić information content (AvgIpc) is 2.30. The number of rotatable bonds is 8. The van der Waals surface area contributed by atoms with Crippen molar-refractivity contribution in [2.45, 2.75) is 57.9 Å². The average molecular weight is 237 g/mol. The van der Waals surface area contributed by atoms with Gasteiger partial charge in [-0.3, -0.25) is 0 Å². The van der Waals surface area contributed by atoms with Crippen LogP contribution in [0.3, 0.4) is 0 Å². The smallest absolute Gasteiger partial charge is 0.104 e. The molecule has 1 aliphatic rings. The second-order valence-corrected chi connectivity index (χ2v) is 5.42. The van der Waals surface area contributed by atoms with Crippen LogP contribution in [-0.2, 0) is 0 Å². The van der Waals surface area contributed by atoms with Crippen LogP contribution in [0.15, 0.2) is 0 Å². The van der Waals surface area contributed by atoms with Crippen LogP contribution in [0, 0.1) is 17.2 Å². The quantitative estimate of drug-likeness (QED) is 0.705. The number of nitriles is 1. The summed E-state index contributed by atoms with van der Waals surface area (Å²) in [6, 6.07) is 2.24. The highest BCUT2D eigenvalue weighted by Gasteiger charge is 2.23. The van der Waals surface area contributed by atoms with Crippen molar-refractivity contribution in [2.75, 3.05) is 19.6 Å². The van der Waals surface area contributed by atoms with Crippen molar-refractivity contribution >= 4 is 0 Å². The largest absolute Gasteiger partial charge is 0.313 e. The van der Waals surface area contributed by atoms with E-state index in [0.29, 0.717) is 0 Å². The Morgan fingerprint density at radius 3 is 2.53 bits per heavy atom. The van der Waals surface area contributed by atoms with Crippen LogP contribution in [0.25, 0.3) is 0 Å². The van der Waals surface area contributed by atoms with Crippen molar-refractivity contribution in [3.8, 4) is 6.07 Å². The minimum atomic E-state index is -0.601. The van der Waals surface area contributed by atoms with Crippen molar-refractivity contribution in [3.63, 3.8) is 0 Å². The van der Waals surface area contributed by atoms with Crippen molar-refractivity contribution in [2.24, 2.45) is 11.7 Å². The summed E-state index contributed by atoms with van der Waals surface area (Å²) in [5.41, 5.74) is 5.38. The molecule has 0 bridgehead atoms. The van der Waals surface area contributed by atoms with E-state index in [2.05, 4.69) is 17.9 Å². The standard InChI is InChI=1S/C14H27N3/c1-3-14(16,12-15)9-6-10-17(4-2)11-13-7-5-8-13/h13H,3-11,16H2,1-2H3.